The molecule has 0 radical (unpaired) electrons. The first-order valence-corrected chi connectivity index (χ1v) is 9.03. The third-order valence-corrected chi connectivity index (χ3v) is 5.63. The second-order valence-electron chi connectivity index (χ2n) is 7.22. The standard InChI is InChI=1S/C23H14O6/c24-19-15-7-10-3-1-2-4-11(10)8-16(15)20(25)18-17(19)14-9-12(23(28)29)5-6-13(14)21(26)22(18)27/h1-2,5-9,24-25H,3-4H2,(H,28,29). The molecule has 0 bridgehead atoms. The molecule has 3 N–H and O–H groups in total. The molecule has 0 amide bonds. The number of ketones is 2. The van der Waals surface area contributed by atoms with Crippen LogP contribution in [0.3, 0.4) is 0 Å². The second-order valence-corrected chi connectivity index (χ2v) is 7.22. The fraction of sp³-hybridized carbons (Fsp3) is 0.0870. The number of phenolic OH excluding ortho intramolecular Hbond substituents is 2. The maximum absolute atomic E-state index is 12.8. The topological polar surface area (TPSA) is 112 Å². The van der Waals surface area contributed by atoms with Crippen LogP contribution in [0.4, 0.5) is 0 Å². The largest absolute Gasteiger partial charge is 0.507 e. The molecule has 0 aromatic heterocycles. The number of hydrogen-bond acceptors (Lipinski definition) is 5. The molecule has 3 aromatic carbocycles. The zero-order valence-corrected chi connectivity index (χ0v) is 15.0. The van der Waals surface area contributed by atoms with Gasteiger partial charge in [-0.3, -0.25) is 9.59 Å². The number of carbonyl (C=O) groups excluding carboxylic acids is 2. The maximum atomic E-state index is 12.8. The second kappa shape index (κ2) is 5.78. The zero-order chi connectivity index (χ0) is 20.4. The number of carboxylic acid groups (broad SMARTS) is 1. The molecule has 0 aliphatic heterocycles. The van der Waals surface area contributed by atoms with Gasteiger partial charge in [0, 0.05) is 21.9 Å². The number of aromatic hydroxyl groups is 2. The van der Waals surface area contributed by atoms with Crippen LogP contribution >= 0.6 is 0 Å². The van der Waals surface area contributed by atoms with Crippen LogP contribution in [-0.2, 0) is 12.8 Å². The molecule has 6 heteroatoms. The Morgan fingerprint density at radius 2 is 1.34 bits per heavy atom. The molecule has 3 aromatic rings. The molecule has 29 heavy (non-hydrogen) atoms. The number of rotatable bonds is 1. The monoisotopic (exact) mass is 386 g/mol. The highest BCUT2D eigenvalue weighted by Crippen LogP contribution is 2.49. The van der Waals surface area contributed by atoms with E-state index >= 15 is 0 Å². The van der Waals surface area contributed by atoms with Crippen LogP contribution in [-0.4, -0.2) is 32.9 Å². The quantitative estimate of drug-likeness (QED) is 0.334. The summed E-state index contributed by atoms with van der Waals surface area (Å²) >= 11 is 0. The van der Waals surface area contributed by atoms with E-state index in [-0.39, 0.29) is 44.7 Å². The number of aromatic carboxylic acids is 1. The third kappa shape index (κ3) is 2.26. The summed E-state index contributed by atoms with van der Waals surface area (Å²) in [7, 11) is 0. The van der Waals surface area contributed by atoms with Crippen molar-refractivity contribution in [2.75, 3.05) is 0 Å². The van der Waals surface area contributed by atoms with Crippen LogP contribution < -0.4 is 0 Å². The Morgan fingerprint density at radius 3 is 1.93 bits per heavy atom. The molecule has 0 spiro atoms. The number of hydrogen-bond donors (Lipinski definition) is 3. The maximum Gasteiger partial charge on any atom is 0.335 e. The number of carboxylic acids is 1. The van der Waals surface area contributed by atoms with Crippen LogP contribution in [0, 0.1) is 0 Å². The van der Waals surface area contributed by atoms with E-state index in [1.54, 1.807) is 12.1 Å². The Labute approximate surface area is 164 Å². The molecule has 2 aliphatic carbocycles. The zero-order valence-electron chi connectivity index (χ0n) is 15.0. The van der Waals surface area contributed by atoms with Gasteiger partial charge in [0.25, 0.3) is 0 Å². The van der Waals surface area contributed by atoms with Crippen molar-refractivity contribution < 1.29 is 29.7 Å². The minimum absolute atomic E-state index is 0.00226. The first kappa shape index (κ1) is 17.2. The van der Waals surface area contributed by atoms with Gasteiger partial charge >= 0.3 is 5.97 Å². The predicted octanol–water partition coefficient (Wildman–Crippen LogP) is 3.65. The highest BCUT2D eigenvalue weighted by atomic mass is 16.4. The van der Waals surface area contributed by atoms with Crippen LogP contribution in [0.1, 0.15) is 42.2 Å². The van der Waals surface area contributed by atoms with Crippen molar-refractivity contribution >= 4 is 28.3 Å². The number of fused-ring (bicyclic) bond motifs is 5. The molecule has 0 saturated carbocycles. The van der Waals surface area contributed by atoms with E-state index in [9.17, 15) is 29.7 Å². The van der Waals surface area contributed by atoms with Gasteiger partial charge in [0.1, 0.15) is 11.5 Å². The van der Waals surface area contributed by atoms with Gasteiger partial charge in [-0.1, -0.05) is 12.2 Å². The Hall–Kier alpha value is -3.93. The van der Waals surface area contributed by atoms with Gasteiger partial charge in [-0.2, -0.15) is 0 Å². The van der Waals surface area contributed by atoms with Crippen molar-refractivity contribution in [1.82, 2.24) is 0 Å². The van der Waals surface area contributed by atoms with E-state index in [1.807, 2.05) is 12.2 Å². The smallest absolute Gasteiger partial charge is 0.335 e. The summed E-state index contributed by atoms with van der Waals surface area (Å²) in [4.78, 5) is 36.7. The summed E-state index contributed by atoms with van der Waals surface area (Å²) in [5.74, 6) is -3.61. The van der Waals surface area contributed by atoms with Gasteiger partial charge < -0.3 is 15.3 Å². The van der Waals surface area contributed by atoms with Crippen LogP contribution in [0.15, 0.2) is 42.5 Å². The molecule has 2 aliphatic rings. The molecule has 0 atom stereocenters. The fourth-order valence-electron chi connectivity index (χ4n) is 4.19. The predicted molar refractivity (Wildman–Crippen MR) is 105 cm³/mol. The summed E-state index contributed by atoms with van der Waals surface area (Å²) in [6.45, 7) is 0. The molecular formula is C23H14O6. The van der Waals surface area contributed by atoms with Gasteiger partial charge in [-0.25, -0.2) is 4.79 Å². The van der Waals surface area contributed by atoms with Crippen molar-refractivity contribution in [3.63, 3.8) is 0 Å². The molecule has 0 saturated heterocycles. The lowest BCUT2D eigenvalue weighted by atomic mass is 9.79. The van der Waals surface area contributed by atoms with Gasteiger partial charge in [-0.05, 0) is 59.9 Å². The van der Waals surface area contributed by atoms with Crippen LogP contribution in [0.25, 0.3) is 21.9 Å². The van der Waals surface area contributed by atoms with Gasteiger partial charge in [-0.15, -0.1) is 0 Å². The van der Waals surface area contributed by atoms with E-state index in [2.05, 4.69) is 0 Å². The Morgan fingerprint density at radius 1 is 0.759 bits per heavy atom. The summed E-state index contributed by atoms with van der Waals surface area (Å²) in [6, 6.07) is 7.24. The Balaban J connectivity index is 1.92. The van der Waals surface area contributed by atoms with Crippen molar-refractivity contribution in [2.45, 2.75) is 12.8 Å². The van der Waals surface area contributed by atoms with Crippen LogP contribution in [0.5, 0.6) is 11.5 Å². The van der Waals surface area contributed by atoms with Crippen molar-refractivity contribution in [3.05, 3.63) is 70.3 Å². The average molecular weight is 386 g/mol. The van der Waals surface area contributed by atoms with E-state index in [1.165, 1.54) is 18.2 Å². The van der Waals surface area contributed by atoms with Crippen LogP contribution in [0.2, 0.25) is 0 Å². The summed E-state index contributed by atoms with van der Waals surface area (Å²) in [5.41, 5.74) is 1.70. The van der Waals surface area contributed by atoms with E-state index in [0.29, 0.717) is 18.2 Å². The average Bonchev–Trinajstić information content (AvgIpc) is 2.73. The van der Waals surface area contributed by atoms with E-state index < -0.39 is 17.5 Å². The molecular weight excluding hydrogens is 372 g/mol. The fourth-order valence-corrected chi connectivity index (χ4v) is 4.19. The van der Waals surface area contributed by atoms with Gasteiger partial charge in [0.15, 0.2) is 0 Å². The first-order valence-electron chi connectivity index (χ1n) is 9.03. The summed E-state index contributed by atoms with van der Waals surface area (Å²) in [6.07, 6.45) is 5.36. The first-order chi connectivity index (χ1) is 13.9. The lowest BCUT2D eigenvalue weighted by Gasteiger charge is -2.23. The number of phenols is 2. The minimum Gasteiger partial charge on any atom is -0.507 e. The highest BCUT2D eigenvalue weighted by Gasteiger charge is 2.37. The number of carbonyl (C=O) groups is 3. The van der Waals surface area contributed by atoms with E-state index in [0.717, 1.165) is 11.1 Å². The van der Waals surface area contributed by atoms with E-state index in [4.69, 9.17) is 0 Å². The molecule has 0 heterocycles. The molecule has 0 unspecified atom stereocenters. The Bertz CT molecular complexity index is 1330. The SMILES string of the molecule is O=C(O)c1ccc2c(c1)-c1c(c(O)c3cc4c(cc3c1O)CC=CC4)C(=O)C2=O. The van der Waals surface area contributed by atoms with Crippen molar-refractivity contribution in [3.8, 4) is 22.6 Å². The molecule has 6 nitrogen and oxygen atoms in total. The molecule has 142 valence electrons. The number of allylic oxidation sites excluding steroid dienone is 2. The van der Waals surface area contributed by atoms with Crippen molar-refractivity contribution in [2.24, 2.45) is 0 Å². The summed E-state index contributed by atoms with van der Waals surface area (Å²) in [5, 5.41) is 31.9. The molecule has 5 rings (SSSR count). The van der Waals surface area contributed by atoms with Gasteiger partial charge in [0.2, 0.25) is 11.6 Å². The minimum atomic E-state index is -1.20. The molecule has 0 fully saturated rings. The summed E-state index contributed by atoms with van der Waals surface area (Å²) < 4.78 is 0. The number of Topliss-reactive ketones (excluding diaryl/α,β-unsaturated/α-hetero) is 2. The Kier molecular flexibility index (Phi) is 3.43. The normalized spacial score (nSPS) is 14.5. The van der Waals surface area contributed by atoms with Gasteiger partial charge in [0.05, 0.1) is 11.1 Å². The number of benzene rings is 3. The third-order valence-electron chi connectivity index (χ3n) is 5.63. The lowest BCUT2D eigenvalue weighted by Crippen LogP contribution is -2.22. The lowest BCUT2D eigenvalue weighted by molar-refractivity contribution is 0.0696. The van der Waals surface area contributed by atoms with Crippen molar-refractivity contribution in [1.29, 1.82) is 0 Å². The highest BCUT2D eigenvalue weighted by molar-refractivity contribution is 6.54.